The van der Waals surface area contributed by atoms with Gasteiger partial charge in [0.2, 0.25) is 6.85 Å². The molecule has 32 valence electrons. The van der Waals surface area contributed by atoms with Crippen molar-refractivity contribution in [3.05, 3.63) is 0 Å². The topological polar surface area (TPSA) is 3.01 Å². The van der Waals surface area contributed by atoms with Crippen molar-refractivity contribution in [2.75, 3.05) is 13.0 Å². The molecule has 0 aromatic rings. The molecule has 1 unspecified atom stereocenters. The Bertz CT molecular complexity index is 65.9. The zero-order valence-electron chi connectivity index (χ0n) is 3.85. The molecule has 0 bridgehead atoms. The lowest BCUT2D eigenvalue weighted by Gasteiger charge is -1.85. The second-order valence-corrected chi connectivity index (χ2v) is 2.29. The minimum Gasteiger partial charge on any atom is -0.346 e. The number of nitrogens with zero attached hydrogens (tertiary/aromatic N) is 1. The van der Waals surface area contributed by atoms with Gasteiger partial charge in [0.05, 0.1) is 0 Å². The third kappa shape index (κ3) is 0.255. The zero-order chi connectivity index (χ0) is 3.98. The molecule has 1 nitrogen and oxygen atoms in total. The summed E-state index contributed by atoms with van der Waals surface area (Å²) in [5, 5.41) is 0. The van der Waals surface area contributed by atoms with Crippen LogP contribution in [0.2, 0.25) is 6.32 Å². The zero-order valence-corrected chi connectivity index (χ0v) is 3.85. The Morgan fingerprint density at radius 1 is 1.50 bits per heavy atom. The van der Waals surface area contributed by atoms with E-state index in [0.29, 0.717) is 0 Å². The van der Waals surface area contributed by atoms with Crippen LogP contribution in [0.3, 0.4) is 0 Å². The molecule has 2 fully saturated rings. The SMILES string of the molecule is C1CB2CN2C1. The normalized spacial score (nSPS) is 40.0. The number of hydrogen-bond donors (Lipinski definition) is 0. The maximum absolute atomic E-state index is 2.53. The molecule has 6 heavy (non-hydrogen) atoms. The van der Waals surface area contributed by atoms with Crippen LogP contribution in [0.5, 0.6) is 0 Å². The fraction of sp³-hybridized carbons (Fsp3) is 1.00. The van der Waals surface area contributed by atoms with E-state index in [2.05, 4.69) is 4.81 Å². The maximum Gasteiger partial charge on any atom is 0.236 e. The molecule has 1 atom stereocenters. The van der Waals surface area contributed by atoms with E-state index in [0.717, 1.165) is 6.85 Å². The summed E-state index contributed by atoms with van der Waals surface area (Å²) in [6.07, 6.45) is 4.37. The highest BCUT2D eigenvalue weighted by Gasteiger charge is 2.41. The molecule has 0 saturated carbocycles. The molecule has 2 saturated heterocycles. The minimum absolute atomic E-state index is 1.05. The monoisotopic (exact) mass is 81.1 g/mol. The first-order chi connectivity index (χ1) is 2.97. The molecule has 2 heteroatoms. The van der Waals surface area contributed by atoms with Gasteiger partial charge in [0.15, 0.2) is 0 Å². The predicted octanol–water partition coefficient (Wildman–Crippen LogP) is 0.236. The fourth-order valence-corrected chi connectivity index (χ4v) is 1.30. The Morgan fingerprint density at radius 3 is 2.67 bits per heavy atom. The average molecular weight is 80.9 g/mol. The Hall–Kier alpha value is 0.0249. The summed E-state index contributed by atoms with van der Waals surface area (Å²) in [4.78, 5) is 2.53. The van der Waals surface area contributed by atoms with E-state index in [-0.39, 0.29) is 0 Å². The minimum atomic E-state index is 1.05. The van der Waals surface area contributed by atoms with E-state index in [1.165, 1.54) is 25.7 Å². The van der Waals surface area contributed by atoms with Crippen molar-refractivity contribution in [3.8, 4) is 0 Å². The third-order valence-electron chi connectivity index (χ3n) is 1.81. The highest BCUT2D eigenvalue weighted by atomic mass is 15.2. The third-order valence-corrected chi connectivity index (χ3v) is 1.81. The molecule has 2 aliphatic heterocycles. The quantitative estimate of drug-likeness (QED) is 0.298. The summed E-state index contributed by atoms with van der Waals surface area (Å²) in [6.45, 7) is 2.44. The van der Waals surface area contributed by atoms with Crippen LogP contribution in [0, 0.1) is 0 Å². The van der Waals surface area contributed by atoms with Crippen molar-refractivity contribution in [1.29, 1.82) is 0 Å². The lowest BCUT2D eigenvalue weighted by molar-refractivity contribution is 0.633. The van der Waals surface area contributed by atoms with Crippen molar-refractivity contribution >= 4 is 6.85 Å². The van der Waals surface area contributed by atoms with Crippen LogP contribution in [0.25, 0.3) is 0 Å². The summed E-state index contributed by atoms with van der Waals surface area (Å²) in [5.41, 5.74) is 0. The van der Waals surface area contributed by atoms with Crippen LogP contribution < -0.4 is 0 Å². The largest absolute Gasteiger partial charge is 0.346 e. The molecular weight excluding hydrogens is 72.9 g/mol. The van der Waals surface area contributed by atoms with Gasteiger partial charge in [-0.05, 0) is 19.4 Å². The molecule has 0 radical (unpaired) electrons. The lowest BCUT2D eigenvalue weighted by Crippen LogP contribution is -1.91. The molecule has 2 aliphatic rings. The van der Waals surface area contributed by atoms with Gasteiger partial charge in [-0.1, -0.05) is 6.32 Å². The smallest absolute Gasteiger partial charge is 0.236 e. The van der Waals surface area contributed by atoms with Crippen LogP contribution in [0.1, 0.15) is 6.42 Å². The summed E-state index contributed by atoms with van der Waals surface area (Å²) in [5.74, 6) is 0. The Morgan fingerprint density at radius 2 is 2.50 bits per heavy atom. The lowest BCUT2D eigenvalue weighted by atomic mass is 9.74. The van der Waals surface area contributed by atoms with Gasteiger partial charge in [-0.3, -0.25) is 0 Å². The molecule has 2 rings (SSSR count). The first kappa shape index (κ1) is 3.08. The van der Waals surface area contributed by atoms with Crippen molar-refractivity contribution in [3.63, 3.8) is 0 Å². The van der Waals surface area contributed by atoms with Crippen molar-refractivity contribution in [1.82, 2.24) is 4.81 Å². The van der Waals surface area contributed by atoms with Gasteiger partial charge in [0, 0.05) is 0 Å². The summed E-state index contributed by atoms with van der Waals surface area (Å²) >= 11 is 0. The van der Waals surface area contributed by atoms with Gasteiger partial charge in [-0.25, -0.2) is 0 Å². The molecule has 0 amide bonds. The van der Waals surface area contributed by atoms with Crippen LogP contribution in [-0.2, 0) is 0 Å². The Kier molecular flexibility index (Phi) is 0.416. The van der Waals surface area contributed by atoms with E-state index in [4.69, 9.17) is 0 Å². The van der Waals surface area contributed by atoms with Crippen molar-refractivity contribution in [2.45, 2.75) is 12.7 Å². The van der Waals surface area contributed by atoms with E-state index in [1.807, 2.05) is 0 Å². The van der Waals surface area contributed by atoms with E-state index in [9.17, 15) is 0 Å². The van der Waals surface area contributed by atoms with Crippen LogP contribution in [0.4, 0.5) is 0 Å². The first-order valence-corrected chi connectivity index (χ1v) is 2.71. The predicted molar refractivity (Wildman–Crippen MR) is 26.8 cm³/mol. The van der Waals surface area contributed by atoms with Crippen molar-refractivity contribution in [2.24, 2.45) is 0 Å². The molecule has 0 aromatic carbocycles. The highest BCUT2D eigenvalue weighted by Crippen LogP contribution is 2.25. The molecule has 2 heterocycles. The number of hydrogen-bond acceptors (Lipinski definition) is 1. The van der Waals surface area contributed by atoms with E-state index < -0.39 is 0 Å². The number of rotatable bonds is 0. The van der Waals surface area contributed by atoms with Crippen LogP contribution in [-0.4, -0.2) is 24.6 Å². The molecule has 0 aromatic heterocycles. The van der Waals surface area contributed by atoms with Crippen molar-refractivity contribution < 1.29 is 0 Å². The second-order valence-electron chi connectivity index (χ2n) is 2.29. The van der Waals surface area contributed by atoms with Gasteiger partial charge in [0.25, 0.3) is 0 Å². The van der Waals surface area contributed by atoms with E-state index >= 15 is 0 Å². The van der Waals surface area contributed by atoms with Gasteiger partial charge in [-0.15, -0.1) is 0 Å². The number of fused-ring (bicyclic) bond motifs is 1. The van der Waals surface area contributed by atoms with Crippen LogP contribution in [0.15, 0.2) is 0 Å². The van der Waals surface area contributed by atoms with Gasteiger partial charge in [0.1, 0.15) is 0 Å². The Labute approximate surface area is 38.4 Å². The van der Waals surface area contributed by atoms with Gasteiger partial charge < -0.3 is 4.81 Å². The van der Waals surface area contributed by atoms with Crippen LogP contribution >= 0.6 is 0 Å². The fourth-order valence-electron chi connectivity index (χ4n) is 1.30. The maximum atomic E-state index is 2.53. The standard InChI is InChI=1S/C4H8BN/c1-2-5-4-6(5)3-1/h1-4H2. The highest BCUT2D eigenvalue weighted by molar-refractivity contribution is 6.66. The summed E-state index contributed by atoms with van der Waals surface area (Å²) in [6, 6.07) is 0. The second kappa shape index (κ2) is 0.810. The average Bonchev–Trinajstić information content (AvgIpc) is 2.17. The van der Waals surface area contributed by atoms with E-state index in [1.54, 1.807) is 0 Å². The molecule has 0 spiro atoms. The molecule has 0 N–H and O–H groups in total. The Balaban J connectivity index is 2.09. The van der Waals surface area contributed by atoms with Gasteiger partial charge >= 0.3 is 0 Å². The summed E-state index contributed by atoms with van der Waals surface area (Å²) in [7, 11) is 0. The van der Waals surface area contributed by atoms with Gasteiger partial charge in [-0.2, -0.15) is 0 Å². The first-order valence-electron chi connectivity index (χ1n) is 2.71. The molecule has 0 aliphatic carbocycles. The molecular formula is C4H8BN. The summed E-state index contributed by atoms with van der Waals surface area (Å²) < 4.78 is 0.